The molecule has 0 unspecified atom stereocenters. The number of rotatable bonds is 7. The number of hydrogen-bond donors (Lipinski definition) is 0. The predicted molar refractivity (Wildman–Crippen MR) is 51.8 cm³/mol. The molecule has 0 bridgehead atoms. The fourth-order valence-corrected chi connectivity index (χ4v) is 1.91. The molecule has 0 radical (unpaired) electrons. The van der Waals surface area contributed by atoms with Crippen molar-refractivity contribution in [3.05, 3.63) is 0 Å². The smallest absolute Gasteiger partial charge is 0.00675 e. The van der Waals surface area contributed by atoms with Gasteiger partial charge in [-0.25, -0.2) is 0 Å². The van der Waals surface area contributed by atoms with Gasteiger partial charge in [0.15, 0.2) is 0 Å². The third-order valence-electron chi connectivity index (χ3n) is 1.53. The van der Waals surface area contributed by atoms with E-state index < -0.39 is 0 Å². The molecule has 0 saturated heterocycles. The van der Waals surface area contributed by atoms with Crippen LogP contribution in [0.3, 0.4) is 0 Å². The van der Waals surface area contributed by atoms with Gasteiger partial charge in [-0.3, -0.25) is 0 Å². The first-order chi connectivity index (χ1) is 4.91. The summed E-state index contributed by atoms with van der Waals surface area (Å²) >= 11 is 2.12. The Balaban J connectivity index is 2.65. The van der Waals surface area contributed by atoms with Crippen LogP contribution in [0.25, 0.3) is 0 Å². The molecule has 0 aromatic rings. The number of thioether (sulfide) groups is 1. The minimum Gasteiger partial charge on any atom is -0.162 e. The summed E-state index contributed by atoms with van der Waals surface area (Å²) in [6.45, 7) is 4.52. The average Bonchev–Trinajstić information content (AvgIpc) is 1.97. The summed E-state index contributed by atoms with van der Waals surface area (Å²) < 4.78 is 0. The highest BCUT2D eigenvalue weighted by Gasteiger charge is 1.87. The first-order valence-corrected chi connectivity index (χ1v) is 5.65. The van der Waals surface area contributed by atoms with Crippen LogP contribution in [0.1, 0.15) is 46.0 Å². The van der Waals surface area contributed by atoms with Crippen LogP contribution in [0.2, 0.25) is 0 Å². The van der Waals surface area contributed by atoms with Crippen LogP contribution in [0, 0.1) is 0 Å². The SMILES string of the molecule is CCCCCSCCCC. The molecular formula is C9H20S. The summed E-state index contributed by atoms with van der Waals surface area (Å²) in [5.41, 5.74) is 0. The molecule has 0 aliphatic carbocycles. The van der Waals surface area contributed by atoms with Crippen molar-refractivity contribution in [1.82, 2.24) is 0 Å². The quantitative estimate of drug-likeness (QED) is 0.512. The van der Waals surface area contributed by atoms with E-state index in [9.17, 15) is 0 Å². The van der Waals surface area contributed by atoms with E-state index in [1.54, 1.807) is 0 Å². The molecule has 0 fully saturated rings. The molecule has 1 heteroatoms. The molecule has 0 aromatic carbocycles. The average molecular weight is 160 g/mol. The summed E-state index contributed by atoms with van der Waals surface area (Å²) in [6, 6.07) is 0. The van der Waals surface area contributed by atoms with E-state index >= 15 is 0 Å². The van der Waals surface area contributed by atoms with E-state index in [2.05, 4.69) is 25.6 Å². The lowest BCUT2D eigenvalue weighted by atomic mass is 10.3. The molecule has 0 nitrogen and oxygen atoms in total. The minimum atomic E-state index is 1.35. The monoisotopic (exact) mass is 160 g/mol. The molecule has 0 amide bonds. The van der Waals surface area contributed by atoms with E-state index in [-0.39, 0.29) is 0 Å². The van der Waals surface area contributed by atoms with Crippen molar-refractivity contribution in [2.75, 3.05) is 11.5 Å². The Bertz CT molecular complexity index is 44.7. The second kappa shape index (κ2) is 9.35. The lowest BCUT2D eigenvalue weighted by molar-refractivity contribution is 0.777. The Kier molecular flexibility index (Phi) is 9.68. The Morgan fingerprint density at radius 3 is 2.00 bits per heavy atom. The van der Waals surface area contributed by atoms with E-state index in [1.165, 1.54) is 43.6 Å². The maximum absolute atomic E-state index is 2.26. The van der Waals surface area contributed by atoms with Gasteiger partial charge in [0.2, 0.25) is 0 Å². The van der Waals surface area contributed by atoms with E-state index in [4.69, 9.17) is 0 Å². The Morgan fingerprint density at radius 1 is 0.800 bits per heavy atom. The Hall–Kier alpha value is 0.350. The Morgan fingerprint density at radius 2 is 1.40 bits per heavy atom. The van der Waals surface area contributed by atoms with Gasteiger partial charge >= 0.3 is 0 Å². The normalized spacial score (nSPS) is 10.2. The molecular weight excluding hydrogens is 140 g/mol. The lowest BCUT2D eigenvalue weighted by Gasteiger charge is -1.97. The molecule has 62 valence electrons. The third-order valence-corrected chi connectivity index (χ3v) is 2.69. The second-order valence-electron chi connectivity index (χ2n) is 2.67. The van der Waals surface area contributed by atoms with Crippen LogP contribution in [0.4, 0.5) is 0 Å². The van der Waals surface area contributed by atoms with Crippen molar-refractivity contribution in [2.24, 2.45) is 0 Å². The zero-order chi connectivity index (χ0) is 7.66. The van der Waals surface area contributed by atoms with Gasteiger partial charge < -0.3 is 0 Å². The molecule has 0 aromatic heterocycles. The molecule has 0 rings (SSSR count). The summed E-state index contributed by atoms with van der Waals surface area (Å²) in [5, 5.41) is 0. The van der Waals surface area contributed by atoms with Crippen molar-refractivity contribution in [2.45, 2.75) is 46.0 Å². The summed E-state index contributed by atoms with van der Waals surface area (Å²) in [5.74, 6) is 2.76. The molecule has 0 heterocycles. The predicted octanol–water partition coefficient (Wildman–Crippen LogP) is 3.71. The van der Waals surface area contributed by atoms with Crippen LogP contribution in [0.15, 0.2) is 0 Å². The third kappa shape index (κ3) is 8.35. The minimum absolute atomic E-state index is 1.35. The van der Waals surface area contributed by atoms with Crippen molar-refractivity contribution in [1.29, 1.82) is 0 Å². The lowest BCUT2D eigenvalue weighted by Crippen LogP contribution is -1.82. The van der Waals surface area contributed by atoms with Gasteiger partial charge in [-0.2, -0.15) is 11.8 Å². The number of hydrogen-bond acceptors (Lipinski definition) is 1. The van der Waals surface area contributed by atoms with Crippen molar-refractivity contribution < 1.29 is 0 Å². The molecule has 0 aliphatic heterocycles. The molecule has 0 aliphatic rings. The van der Waals surface area contributed by atoms with Crippen LogP contribution in [-0.2, 0) is 0 Å². The topological polar surface area (TPSA) is 0 Å². The molecule has 0 N–H and O–H groups in total. The van der Waals surface area contributed by atoms with Gasteiger partial charge in [0.1, 0.15) is 0 Å². The number of unbranched alkanes of at least 4 members (excludes halogenated alkanes) is 3. The standard InChI is InChI=1S/C9H20S/c1-3-5-7-9-10-8-6-4-2/h3-9H2,1-2H3. The largest absolute Gasteiger partial charge is 0.162 e. The van der Waals surface area contributed by atoms with E-state index in [0.29, 0.717) is 0 Å². The highest BCUT2D eigenvalue weighted by molar-refractivity contribution is 7.99. The maximum atomic E-state index is 2.26. The highest BCUT2D eigenvalue weighted by atomic mass is 32.2. The van der Waals surface area contributed by atoms with Crippen LogP contribution in [0.5, 0.6) is 0 Å². The Labute approximate surface area is 69.8 Å². The second-order valence-corrected chi connectivity index (χ2v) is 3.90. The van der Waals surface area contributed by atoms with Crippen molar-refractivity contribution in [3.8, 4) is 0 Å². The van der Waals surface area contributed by atoms with Crippen LogP contribution >= 0.6 is 11.8 Å². The summed E-state index contributed by atoms with van der Waals surface area (Å²) in [7, 11) is 0. The summed E-state index contributed by atoms with van der Waals surface area (Å²) in [4.78, 5) is 0. The fourth-order valence-electron chi connectivity index (χ4n) is 0.803. The van der Waals surface area contributed by atoms with Crippen molar-refractivity contribution in [3.63, 3.8) is 0 Å². The molecule has 0 saturated carbocycles. The fraction of sp³-hybridized carbons (Fsp3) is 1.00. The van der Waals surface area contributed by atoms with Gasteiger partial charge in [0.05, 0.1) is 0 Å². The highest BCUT2D eigenvalue weighted by Crippen LogP contribution is 2.08. The van der Waals surface area contributed by atoms with Crippen LogP contribution < -0.4 is 0 Å². The molecule has 10 heavy (non-hydrogen) atoms. The van der Waals surface area contributed by atoms with Gasteiger partial charge in [0, 0.05) is 0 Å². The van der Waals surface area contributed by atoms with Gasteiger partial charge in [0.25, 0.3) is 0 Å². The van der Waals surface area contributed by atoms with Gasteiger partial charge in [-0.1, -0.05) is 33.1 Å². The van der Waals surface area contributed by atoms with Gasteiger partial charge in [-0.05, 0) is 24.3 Å². The maximum Gasteiger partial charge on any atom is -0.00675 e. The van der Waals surface area contributed by atoms with E-state index in [0.717, 1.165) is 0 Å². The van der Waals surface area contributed by atoms with E-state index in [1.807, 2.05) is 0 Å². The zero-order valence-corrected chi connectivity index (χ0v) is 8.17. The summed E-state index contributed by atoms with van der Waals surface area (Å²) in [6.07, 6.45) is 6.94. The van der Waals surface area contributed by atoms with Crippen LogP contribution in [-0.4, -0.2) is 11.5 Å². The van der Waals surface area contributed by atoms with Crippen molar-refractivity contribution >= 4 is 11.8 Å². The zero-order valence-electron chi connectivity index (χ0n) is 7.36. The first kappa shape index (κ1) is 10.3. The van der Waals surface area contributed by atoms with Gasteiger partial charge in [-0.15, -0.1) is 0 Å². The molecule has 0 spiro atoms. The first-order valence-electron chi connectivity index (χ1n) is 4.49. The molecule has 0 atom stereocenters.